The minimum Gasteiger partial charge on any atom is -0.471 e. The molecule has 5 heteroatoms. The van der Waals surface area contributed by atoms with E-state index < -0.39 is 0 Å². The number of hydrogen-bond donors (Lipinski definition) is 0. The fraction of sp³-hybridized carbons (Fsp3) is 0.222. The van der Waals surface area contributed by atoms with Crippen LogP contribution < -0.4 is 9.95 Å². The highest BCUT2D eigenvalue weighted by Gasteiger charge is 2.18. The van der Waals surface area contributed by atoms with Crippen LogP contribution >= 0.6 is 11.9 Å². The van der Waals surface area contributed by atoms with Gasteiger partial charge in [0.15, 0.2) is 0 Å². The van der Waals surface area contributed by atoms with Gasteiger partial charge in [0.1, 0.15) is 0 Å². The summed E-state index contributed by atoms with van der Waals surface area (Å²) in [6, 6.07) is 9.75. The van der Waals surface area contributed by atoms with Crippen molar-refractivity contribution in [3.05, 3.63) is 30.3 Å². The first-order chi connectivity index (χ1) is 6.90. The number of anilines is 1. The third-order valence-electron chi connectivity index (χ3n) is 1.63. The lowest BCUT2D eigenvalue weighted by molar-refractivity contribution is 0.337. The molecule has 0 saturated heterocycles. The molecule has 2 rings (SSSR count). The van der Waals surface area contributed by atoms with Crippen LogP contribution in [0.1, 0.15) is 6.92 Å². The van der Waals surface area contributed by atoms with Crippen LogP contribution in [0, 0.1) is 0 Å². The van der Waals surface area contributed by atoms with E-state index in [2.05, 4.69) is 9.93 Å². The second kappa shape index (κ2) is 4.34. The summed E-state index contributed by atoms with van der Waals surface area (Å²) < 4.78 is 5.23. The van der Waals surface area contributed by atoms with E-state index in [1.807, 2.05) is 37.3 Å². The third-order valence-corrected chi connectivity index (χ3v) is 2.22. The van der Waals surface area contributed by atoms with E-state index in [1.54, 1.807) is 5.12 Å². The van der Waals surface area contributed by atoms with E-state index in [0.717, 1.165) is 5.69 Å². The van der Waals surface area contributed by atoms with E-state index in [1.165, 1.54) is 11.9 Å². The minimum atomic E-state index is 0.594. The highest BCUT2D eigenvalue weighted by molar-refractivity contribution is 8.12. The monoisotopic (exact) mass is 208 g/mol. The van der Waals surface area contributed by atoms with Crippen molar-refractivity contribution < 1.29 is 4.74 Å². The summed E-state index contributed by atoms with van der Waals surface area (Å²) in [5.41, 5.74) is 0.940. The number of benzene rings is 1. The van der Waals surface area contributed by atoms with Gasteiger partial charge in [0.25, 0.3) is 5.23 Å². The Hall–Kier alpha value is -1.20. The average Bonchev–Trinajstić information content (AvgIpc) is 2.68. The summed E-state index contributed by atoms with van der Waals surface area (Å²) in [4.78, 5) is 4.13. The van der Waals surface area contributed by atoms with Gasteiger partial charge in [-0.15, -0.1) is 5.10 Å². The molecular weight excluding hydrogens is 198 g/mol. The van der Waals surface area contributed by atoms with E-state index >= 15 is 0 Å². The zero-order chi connectivity index (χ0) is 9.80. The molecule has 0 spiro atoms. The smallest absolute Gasteiger partial charge is 0.288 e. The molecule has 0 saturated carbocycles. The normalized spacial score (nSPS) is 15.5. The van der Waals surface area contributed by atoms with Gasteiger partial charge in [-0.3, -0.25) is 0 Å². The molecule has 4 nitrogen and oxygen atoms in total. The molecule has 1 aliphatic heterocycles. The molecular formula is C9H10N3OS. The molecule has 1 aromatic carbocycles. The van der Waals surface area contributed by atoms with Crippen molar-refractivity contribution in [2.75, 3.05) is 11.7 Å². The molecule has 1 radical (unpaired) electrons. The first-order valence-electron chi connectivity index (χ1n) is 4.34. The van der Waals surface area contributed by atoms with Crippen molar-refractivity contribution in [1.29, 1.82) is 0 Å². The topological polar surface area (TPSA) is 38.9 Å². The Morgan fingerprint density at radius 2 is 2.14 bits per heavy atom. The van der Waals surface area contributed by atoms with Crippen molar-refractivity contribution in [3.63, 3.8) is 0 Å². The lowest BCUT2D eigenvalue weighted by Gasteiger charge is -2.08. The molecule has 0 bridgehead atoms. The molecule has 0 aliphatic carbocycles. The van der Waals surface area contributed by atoms with E-state index in [4.69, 9.17) is 4.74 Å². The van der Waals surface area contributed by atoms with Gasteiger partial charge in [-0.05, 0) is 23.9 Å². The summed E-state index contributed by atoms with van der Waals surface area (Å²) in [6.45, 7) is 2.54. The maximum atomic E-state index is 5.23. The summed E-state index contributed by atoms with van der Waals surface area (Å²) >= 11 is 1.25. The van der Waals surface area contributed by atoms with Gasteiger partial charge < -0.3 is 4.74 Å². The van der Waals surface area contributed by atoms with Crippen molar-refractivity contribution >= 4 is 22.9 Å². The zero-order valence-corrected chi connectivity index (χ0v) is 8.57. The molecule has 0 aromatic heterocycles. The first kappa shape index (κ1) is 9.36. The SMILES string of the molecule is CCOC1=NN(c2ccccc2)[N]S1. The lowest BCUT2D eigenvalue weighted by Crippen LogP contribution is -2.15. The van der Waals surface area contributed by atoms with E-state index in [9.17, 15) is 0 Å². The average molecular weight is 208 g/mol. The molecule has 0 atom stereocenters. The second-order valence-electron chi connectivity index (χ2n) is 2.60. The molecule has 1 aromatic rings. The molecule has 0 fully saturated rings. The molecule has 14 heavy (non-hydrogen) atoms. The van der Waals surface area contributed by atoms with E-state index in [0.29, 0.717) is 11.8 Å². The summed E-state index contributed by atoms with van der Waals surface area (Å²) in [6.07, 6.45) is 0. The molecule has 0 N–H and O–H groups in total. The maximum absolute atomic E-state index is 5.23. The quantitative estimate of drug-likeness (QED) is 0.698. The van der Waals surface area contributed by atoms with Gasteiger partial charge in [-0.2, -0.15) is 5.12 Å². The number of ether oxygens (including phenoxy) is 1. The van der Waals surface area contributed by atoms with Crippen LogP contribution in [-0.2, 0) is 4.74 Å². The Morgan fingerprint density at radius 1 is 1.36 bits per heavy atom. The largest absolute Gasteiger partial charge is 0.471 e. The van der Waals surface area contributed by atoms with Crippen LogP contribution in [0.15, 0.2) is 35.4 Å². The van der Waals surface area contributed by atoms with E-state index in [-0.39, 0.29) is 0 Å². The number of nitrogens with zero attached hydrogens (tertiary/aromatic N) is 3. The van der Waals surface area contributed by atoms with Crippen molar-refractivity contribution in [3.8, 4) is 0 Å². The summed E-state index contributed by atoms with van der Waals surface area (Å²) in [5.74, 6) is 0. The van der Waals surface area contributed by atoms with Crippen molar-refractivity contribution in [1.82, 2.24) is 4.83 Å². The Labute approximate surface area is 87.0 Å². The van der Waals surface area contributed by atoms with Crippen molar-refractivity contribution in [2.24, 2.45) is 5.10 Å². The highest BCUT2D eigenvalue weighted by Crippen LogP contribution is 2.21. The molecule has 1 heterocycles. The van der Waals surface area contributed by atoms with Gasteiger partial charge >= 0.3 is 0 Å². The zero-order valence-electron chi connectivity index (χ0n) is 7.75. The Balaban J connectivity index is 2.08. The standard InChI is InChI=1S/C9H10N3OS/c1-2-13-9-10-12(11-14-9)8-6-4-3-5-7-8/h3-7H,2H2,1H3. The van der Waals surface area contributed by atoms with Gasteiger partial charge in [0.2, 0.25) is 0 Å². The number of rotatable bonds is 2. The van der Waals surface area contributed by atoms with Gasteiger partial charge in [-0.1, -0.05) is 18.2 Å². The summed E-state index contributed by atoms with van der Waals surface area (Å²) in [5, 5.41) is 6.33. The number of hydrogen-bond acceptors (Lipinski definition) is 4. The van der Waals surface area contributed by atoms with Crippen LogP contribution in [-0.4, -0.2) is 11.8 Å². The maximum Gasteiger partial charge on any atom is 0.288 e. The fourth-order valence-electron chi connectivity index (χ4n) is 1.03. The Kier molecular flexibility index (Phi) is 2.90. The van der Waals surface area contributed by atoms with Gasteiger partial charge in [0, 0.05) is 0 Å². The lowest BCUT2D eigenvalue weighted by atomic mass is 10.3. The first-order valence-corrected chi connectivity index (χ1v) is 5.12. The molecule has 1 aliphatic rings. The molecule has 0 unspecified atom stereocenters. The summed E-state index contributed by atoms with van der Waals surface area (Å²) in [7, 11) is 0. The number of para-hydroxylation sites is 1. The van der Waals surface area contributed by atoms with Crippen molar-refractivity contribution in [2.45, 2.75) is 6.92 Å². The van der Waals surface area contributed by atoms with Crippen LogP contribution in [0.4, 0.5) is 5.69 Å². The Bertz CT molecular complexity index is 328. The molecule has 0 amide bonds. The third kappa shape index (κ3) is 2.00. The van der Waals surface area contributed by atoms with Crippen LogP contribution in [0.5, 0.6) is 0 Å². The predicted molar refractivity (Wildman–Crippen MR) is 57.7 cm³/mol. The highest BCUT2D eigenvalue weighted by atomic mass is 32.2. The van der Waals surface area contributed by atoms with Crippen LogP contribution in [0.2, 0.25) is 0 Å². The number of hydrazone groups is 1. The molecule has 73 valence electrons. The predicted octanol–water partition coefficient (Wildman–Crippen LogP) is 1.98. The second-order valence-corrected chi connectivity index (χ2v) is 3.29. The minimum absolute atomic E-state index is 0.594. The Morgan fingerprint density at radius 3 is 2.86 bits per heavy atom. The van der Waals surface area contributed by atoms with Crippen LogP contribution in [0.3, 0.4) is 0 Å². The van der Waals surface area contributed by atoms with Gasteiger partial charge in [-0.25, -0.2) is 0 Å². The van der Waals surface area contributed by atoms with Crippen LogP contribution in [0.25, 0.3) is 0 Å². The fourth-order valence-corrected chi connectivity index (χ4v) is 1.59. The van der Waals surface area contributed by atoms with Gasteiger partial charge in [0.05, 0.1) is 24.2 Å².